The highest BCUT2D eigenvalue weighted by Gasteiger charge is 2.16. The SMILES string of the molecule is CC(C)(C)OC(=O)NCCC(=O)Nc1ccccc1CNC(=O)c1ccc(Cl)cc1. The van der Waals surface area contributed by atoms with Crippen LogP contribution in [-0.2, 0) is 16.1 Å². The van der Waals surface area contributed by atoms with Gasteiger partial charge in [0.25, 0.3) is 5.91 Å². The number of halogens is 1. The Bertz CT molecular complexity index is 892. The van der Waals surface area contributed by atoms with Gasteiger partial charge in [-0.2, -0.15) is 0 Å². The largest absolute Gasteiger partial charge is 0.444 e. The zero-order valence-corrected chi connectivity index (χ0v) is 18.0. The quantitative estimate of drug-likeness (QED) is 0.614. The molecular weight excluding hydrogens is 406 g/mol. The van der Waals surface area contributed by atoms with E-state index in [-0.39, 0.29) is 31.3 Å². The van der Waals surface area contributed by atoms with E-state index in [0.717, 1.165) is 5.56 Å². The van der Waals surface area contributed by atoms with E-state index < -0.39 is 11.7 Å². The van der Waals surface area contributed by atoms with Gasteiger partial charge in [-0.15, -0.1) is 0 Å². The second-order valence-electron chi connectivity index (χ2n) is 7.57. The summed E-state index contributed by atoms with van der Waals surface area (Å²) in [4.78, 5) is 36.1. The summed E-state index contributed by atoms with van der Waals surface area (Å²) < 4.78 is 5.12. The molecule has 2 rings (SSSR count). The maximum atomic E-state index is 12.3. The Balaban J connectivity index is 1.85. The van der Waals surface area contributed by atoms with Crippen LogP contribution in [0.1, 0.15) is 43.1 Å². The molecule has 0 aliphatic carbocycles. The van der Waals surface area contributed by atoms with Crippen molar-refractivity contribution in [2.75, 3.05) is 11.9 Å². The first kappa shape index (κ1) is 23.2. The number of anilines is 1. The molecule has 160 valence electrons. The van der Waals surface area contributed by atoms with Crippen LogP contribution in [0, 0.1) is 0 Å². The van der Waals surface area contributed by atoms with Gasteiger partial charge in [0.1, 0.15) is 5.60 Å². The zero-order chi connectivity index (χ0) is 22.1. The summed E-state index contributed by atoms with van der Waals surface area (Å²) in [7, 11) is 0. The highest BCUT2D eigenvalue weighted by atomic mass is 35.5. The molecule has 0 aliphatic heterocycles. The average Bonchev–Trinajstić information content (AvgIpc) is 2.66. The number of hydrogen-bond donors (Lipinski definition) is 3. The van der Waals surface area contributed by atoms with Crippen molar-refractivity contribution >= 4 is 35.2 Å². The molecule has 7 nitrogen and oxygen atoms in total. The fourth-order valence-corrected chi connectivity index (χ4v) is 2.61. The lowest BCUT2D eigenvalue weighted by molar-refractivity contribution is -0.116. The summed E-state index contributed by atoms with van der Waals surface area (Å²) in [6.45, 7) is 5.69. The zero-order valence-electron chi connectivity index (χ0n) is 17.3. The summed E-state index contributed by atoms with van der Waals surface area (Å²) >= 11 is 5.84. The van der Waals surface area contributed by atoms with Gasteiger partial charge in [0.05, 0.1) is 0 Å². The number of rotatable bonds is 7. The van der Waals surface area contributed by atoms with E-state index in [2.05, 4.69) is 16.0 Å². The van der Waals surface area contributed by atoms with E-state index in [0.29, 0.717) is 16.3 Å². The molecule has 3 amide bonds. The summed E-state index contributed by atoms with van der Waals surface area (Å²) in [6.07, 6.45) is -0.481. The molecule has 0 aliphatic rings. The monoisotopic (exact) mass is 431 g/mol. The first-order valence-electron chi connectivity index (χ1n) is 9.52. The molecule has 0 heterocycles. The van der Waals surface area contributed by atoms with Gasteiger partial charge < -0.3 is 20.7 Å². The third-order valence-electron chi connectivity index (χ3n) is 3.86. The van der Waals surface area contributed by atoms with E-state index in [4.69, 9.17) is 16.3 Å². The van der Waals surface area contributed by atoms with Crippen molar-refractivity contribution in [3.05, 3.63) is 64.7 Å². The van der Waals surface area contributed by atoms with Crippen molar-refractivity contribution in [3.8, 4) is 0 Å². The molecule has 0 fully saturated rings. The van der Waals surface area contributed by atoms with Gasteiger partial charge in [0.15, 0.2) is 0 Å². The fraction of sp³-hybridized carbons (Fsp3) is 0.318. The molecule has 0 bridgehead atoms. The van der Waals surface area contributed by atoms with Gasteiger partial charge in [-0.1, -0.05) is 29.8 Å². The van der Waals surface area contributed by atoms with Crippen LogP contribution in [0.5, 0.6) is 0 Å². The van der Waals surface area contributed by atoms with Crippen LogP contribution in [0.2, 0.25) is 5.02 Å². The molecule has 2 aromatic carbocycles. The van der Waals surface area contributed by atoms with Crippen LogP contribution in [0.15, 0.2) is 48.5 Å². The van der Waals surface area contributed by atoms with Crippen LogP contribution >= 0.6 is 11.6 Å². The summed E-state index contributed by atoms with van der Waals surface area (Å²) in [6, 6.07) is 13.8. The van der Waals surface area contributed by atoms with E-state index in [1.54, 1.807) is 57.2 Å². The van der Waals surface area contributed by atoms with Gasteiger partial charge in [0, 0.05) is 35.8 Å². The fourth-order valence-electron chi connectivity index (χ4n) is 2.48. The van der Waals surface area contributed by atoms with Crippen LogP contribution in [0.3, 0.4) is 0 Å². The van der Waals surface area contributed by atoms with Crippen molar-refractivity contribution in [2.45, 2.75) is 39.3 Å². The molecule has 0 aromatic heterocycles. The number of hydrogen-bond acceptors (Lipinski definition) is 4. The minimum Gasteiger partial charge on any atom is -0.444 e. The molecule has 0 unspecified atom stereocenters. The maximum absolute atomic E-state index is 12.3. The Hall–Kier alpha value is -3.06. The third-order valence-corrected chi connectivity index (χ3v) is 4.11. The smallest absolute Gasteiger partial charge is 0.407 e. The number of para-hydroxylation sites is 1. The number of ether oxygens (including phenoxy) is 1. The Labute approximate surface area is 181 Å². The highest BCUT2D eigenvalue weighted by Crippen LogP contribution is 2.16. The van der Waals surface area contributed by atoms with E-state index in [1.165, 1.54) is 0 Å². The number of carbonyl (C=O) groups excluding carboxylic acids is 3. The number of alkyl carbamates (subject to hydrolysis) is 1. The van der Waals surface area contributed by atoms with E-state index in [9.17, 15) is 14.4 Å². The molecule has 2 aromatic rings. The predicted molar refractivity (Wildman–Crippen MR) is 117 cm³/mol. The normalized spacial score (nSPS) is 10.8. The molecule has 0 saturated carbocycles. The molecular formula is C22H26ClN3O4. The lowest BCUT2D eigenvalue weighted by Crippen LogP contribution is -2.34. The summed E-state index contributed by atoms with van der Waals surface area (Å²) in [5.74, 6) is -0.503. The van der Waals surface area contributed by atoms with E-state index in [1.807, 2.05) is 12.1 Å². The standard InChI is InChI=1S/C22H26ClN3O4/c1-22(2,3)30-21(29)24-13-12-19(27)26-18-7-5-4-6-16(18)14-25-20(28)15-8-10-17(23)11-9-15/h4-11H,12-14H2,1-3H3,(H,24,29)(H,25,28)(H,26,27). The number of nitrogens with one attached hydrogen (secondary N) is 3. The van der Waals surface area contributed by atoms with Gasteiger partial charge >= 0.3 is 6.09 Å². The lowest BCUT2D eigenvalue weighted by Gasteiger charge is -2.19. The first-order valence-corrected chi connectivity index (χ1v) is 9.90. The van der Waals surface area contributed by atoms with Crippen molar-refractivity contribution in [3.63, 3.8) is 0 Å². The molecule has 0 spiro atoms. The molecule has 3 N–H and O–H groups in total. The van der Waals surface area contributed by atoms with Crippen molar-refractivity contribution < 1.29 is 19.1 Å². The predicted octanol–water partition coefficient (Wildman–Crippen LogP) is 4.12. The van der Waals surface area contributed by atoms with Gasteiger partial charge in [-0.25, -0.2) is 4.79 Å². The van der Waals surface area contributed by atoms with Crippen LogP contribution in [0.25, 0.3) is 0 Å². The average molecular weight is 432 g/mol. The maximum Gasteiger partial charge on any atom is 0.407 e. The van der Waals surface area contributed by atoms with Gasteiger partial charge in [-0.05, 0) is 56.7 Å². The van der Waals surface area contributed by atoms with Crippen molar-refractivity contribution in [2.24, 2.45) is 0 Å². The van der Waals surface area contributed by atoms with Crippen LogP contribution < -0.4 is 16.0 Å². The minimum absolute atomic E-state index is 0.0880. The molecule has 0 atom stereocenters. The second-order valence-corrected chi connectivity index (χ2v) is 8.01. The Morgan fingerprint density at radius 1 is 0.967 bits per heavy atom. The van der Waals surface area contributed by atoms with Gasteiger partial charge in [-0.3, -0.25) is 9.59 Å². The van der Waals surface area contributed by atoms with Crippen LogP contribution in [-0.4, -0.2) is 30.1 Å². The lowest BCUT2D eigenvalue weighted by atomic mass is 10.1. The Morgan fingerprint density at radius 3 is 2.30 bits per heavy atom. The minimum atomic E-state index is -0.596. The summed E-state index contributed by atoms with van der Waals surface area (Å²) in [5.41, 5.74) is 1.25. The molecule has 0 radical (unpaired) electrons. The number of benzene rings is 2. The molecule has 30 heavy (non-hydrogen) atoms. The van der Waals surface area contributed by atoms with E-state index >= 15 is 0 Å². The first-order chi connectivity index (χ1) is 14.1. The summed E-state index contributed by atoms with van der Waals surface area (Å²) in [5, 5.41) is 8.73. The second kappa shape index (κ2) is 10.6. The number of carbonyl (C=O) groups is 3. The molecule has 0 saturated heterocycles. The van der Waals surface area contributed by atoms with Gasteiger partial charge in [0.2, 0.25) is 5.91 Å². The van der Waals surface area contributed by atoms with Crippen LogP contribution in [0.4, 0.5) is 10.5 Å². The highest BCUT2D eigenvalue weighted by molar-refractivity contribution is 6.30. The van der Waals surface area contributed by atoms with Crippen molar-refractivity contribution in [1.82, 2.24) is 10.6 Å². The third kappa shape index (κ3) is 8.13. The Kier molecular flexibility index (Phi) is 8.24. The van der Waals surface area contributed by atoms with Crippen molar-refractivity contribution in [1.29, 1.82) is 0 Å². The topological polar surface area (TPSA) is 96.5 Å². The molecule has 8 heteroatoms. The number of amides is 3. The Morgan fingerprint density at radius 2 is 1.63 bits per heavy atom.